The third-order valence-electron chi connectivity index (χ3n) is 4.22. The van der Waals surface area contributed by atoms with Crippen molar-refractivity contribution in [1.82, 2.24) is 10.0 Å². The zero-order valence-corrected chi connectivity index (χ0v) is 12.8. The lowest BCUT2D eigenvalue weighted by molar-refractivity contribution is -0.387. The number of nitrogens with one attached hydrogen (secondary N) is 2. The van der Waals surface area contributed by atoms with Crippen molar-refractivity contribution in [1.29, 1.82) is 0 Å². The minimum atomic E-state index is -4.08. The van der Waals surface area contributed by atoms with Gasteiger partial charge < -0.3 is 10.1 Å². The molecule has 9 nitrogen and oxygen atoms in total. The van der Waals surface area contributed by atoms with Crippen LogP contribution in [0.2, 0.25) is 0 Å². The second kappa shape index (κ2) is 5.55. The lowest BCUT2D eigenvalue weighted by Gasteiger charge is -2.41. The van der Waals surface area contributed by atoms with Gasteiger partial charge >= 0.3 is 5.97 Å². The summed E-state index contributed by atoms with van der Waals surface area (Å²) in [7, 11) is -4.08. The number of hydrogen-bond acceptors (Lipinski definition) is 7. The second-order valence-electron chi connectivity index (χ2n) is 5.70. The first-order valence-electron chi connectivity index (χ1n) is 6.97. The standard InChI is InChI=1S/C13H15N3O6S/c17-12-5-13(7-14-8-13)11(22-12)6-15-23(20,21)10-4-2-1-3-9(10)16(18)19/h1-4,11,14-15H,5-8H2. The minimum absolute atomic E-state index is 0.109. The number of sulfonamides is 1. The van der Waals surface area contributed by atoms with Crippen LogP contribution in [0.3, 0.4) is 0 Å². The number of carbonyl (C=O) groups excluding carboxylic acids is 1. The zero-order chi connectivity index (χ0) is 16.7. The fourth-order valence-corrected chi connectivity index (χ4v) is 4.08. The first-order valence-corrected chi connectivity index (χ1v) is 8.46. The molecule has 2 heterocycles. The van der Waals surface area contributed by atoms with E-state index in [1.54, 1.807) is 0 Å². The Bertz CT molecular complexity index is 759. The smallest absolute Gasteiger partial charge is 0.306 e. The normalized spacial score (nSPS) is 22.6. The van der Waals surface area contributed by atoms with Crippen molar-refractivity contribution in [2.75, 3.05) is 19.6 Å². The van der Waals surface area contributed by atoms with E-state index in [1.807, 2.05) is 0 Å². The molecule has 23 heavy (non-hydrogen) atoms. The van der Waals surface area contributed by atoms with Gasteiger partial charge in [0.1, 0.15) is 6.10 Å². The van der Waals surface area contributed by atoms with E-state index in [2.05, 4.69) is 10.0 Å². The molecule has 0 aliphatic carbocycles. The molecule has 0 radical (unpaired) electrons. The number of esters is 1. The second-order valence-corrected chi connectivity index (χ2v) is 7.43. The summed E-state index contributed by atoms with van der Waals surface area (Å²) in [6, 6.07) is 5.10. The van der Waals surface area contributed by atoms with E-state index in [-0.39, 0.29) is 24.3 Å². The fourth-order valence-electron chi connectivity index (χ4n) is 2.88. The number of nitro groups is 1. The Kier molecular flexibility index (Phi) is 3.82. The molecule has 1 aromatic carbocycles. The molecule has 2 N–H and O–H groups in total. The van der Waals surface area contributed by atoms with Gasteiger partial charge in [-0.2, -0.15) is 0 Å². The Morgan fingerprint density at radius 1 is 1.39 bits per heavy atom. The Labute approximate surface area is 132 Å². The highest BCUT2D eigenvalue weighted by atomic mass is 32.2. The Balaban J connectivity index is 1.77. The van der Waals surface area contributed by atoms with Crippen LogP contribution in [0.25, 0.3) is 0 Å². The number of benzene rings is 1. The van der Waals surface area contributed by atoms with Gasteiger partial charge in [0, 0.05) is 31.1 Å². The van der Waals surface area contributed by atoms with Gasteiger partial charge in [-0.05, 0) is 6.07 Å². The number of ether oxygens (including phenoxy) is 1. The van der Waals surface area contributed by atoms with Crippen molar-refractivity contribution < 1.29 is 22.9 Å². The van der Waals surface area contributed by atoms with E-state index in [1.165, 1.54) is 18.2 Å². The van der Waals surface area contributed by atoms with Gasteiger partial charge in [0.2, 0.25) is 10.0 Å². The number of cyclic esters (lactones) is 1. The van der Waals surface area contributed by atoms with Gasteiger partial charge in [-0.1, -0.05) is 12.1 Å². The molecule has 1 spiro atoms. The van der Waals surface area contributed by atoms with Crippen LogP contribution in [0.5, 0.6) is 0 Å². The van der Waals surface area contributed by atoms with Crippen LogP contribution in [0.1, 0.15) is 6.42 Å². The highest BCUT2D eigenvalue weighted by Crippen LogP contribution is 2.39. The molecule has 2 aliphatic heterocycles. The van der Waals surface area contributed by atoms with Gasteiger partial charge in [0.05, 0.1) is 11.3 Å². The lowest BCUT2D eigenvalue weighted by Crippen LogP contribution is -2.59. The summed E-state index contributed by atoms with van der Waals surface area (Å²) in [6.45, 7) is 1.05. The Morgan fingerprint density at radius 2 is 2.09 bits per heavy atom. The van der Waals surface area contributed by atoms with Crippen LogP contribution < -0.4 is 10.0 Å². The van der Waals surface area contributed by atoms with Gasteiger partial charge in [-0.3, -0.25) is 14.9 Å². The largest absolute Gasteiger partial charge is 0.460 e. The number of nitro benzene ring substituents is 1. The average Bonchev–Trinajstić information content (AvgIpc) is 2.82. The van der Waals surface area contributed by atoms with Crippen molar-refractivity contribution in [3.8, 4) is 0 Å². The molecule has 0 aromatic heterocycles. The van der Waals surface area contributed by atoms with Gasteiger partial charge in [0.15, 0.2) is 4.90 Å². The molecule has 2 aliphatic rings. The molecular formula is C13H15N3O6S. The molecule has 2 saturated heterocycles. The maximum atomic E-state index is 12.3. The Morgan fingerprint density at radius 3 is 2.70 bits per heavy atom. The van der Waals surface area contributed by atoms with Crippen LogP contribution in [0.15, 0.2) is 29.2 Å². The molecule has 10 heteroatoms. The molecule has 2 fully saturated rings. The zero-order valence-electron chi connectivity index (χ0n) is 12.0. The first kappa shape index (κ1) is 15.8. The van der Waals surface area contributed by atoms with Crippen molar-refractivity contribution in [3.05, 3.63) is 34.4 Å². The van der Waals surface area contributed by atoms with Gasteiger partial charge in [-0.15, -0.1) is 0 Å². The molecule has 124 valence electrons. The van der Waals surface area contributed by atoms with Crippen LogP contribution in [-0.2, 0) is 19.6 Å². The molecule has 0 bridgehead atoms. The predicted octanol–water partition coefficient (Wildman–Crippen LogP) is -0.222. The molecule has 0 amide bonds. The summed E-state index contributed by atoms with van der Waals surface area (Å²) >= 11 is 0. The Hall–Kier alpha value is -2.04. The quantitative estimate of drug-likeness (QED) is 0.430. The summed E-state index contributed by atoms with van der Waals surface area (Å²) in [5.74, 6) is -0.360. The molecular weight excluding hydrogens is 326 g/mol. The van der Waals surface area contributed by atoms with Crippen LogP contribution in [0.4, 0.5) is 5.69 Å². The first-order chi connectivity index (χ1) is 10.8. The third-order valence-corrected chi connectivity index (χ3v) is 5.69. The molecule has 3 rings (SSSR count). The fraction of sp³-hybridized carbons (Fsp3) is 0.462. The number of hydrogen-bond donors (Lipinski definition) is 2. The summed E-state index contributed by atoms with van der Waals surface area (Å²) < 4.78 is 32.2. The van der Waals surface area contributed by atoms with E-state index in [0.29, 0.717) is 13.1 Å². The van der Waals surface area contributed by atoms with Gasteiger partial charge in [0.25, 0.3) is 5.69 Å². The van der Waals surface area contributed by atoms with Crippen molar-refractivity contribution in [2.45, 2.75) is 17.4 Å². The van der Waals surface area contributed by atoms with E-state index in [4.69, 9.17) is 4.74 Å². The van der Waals surface area contributed by atoms with Crippen LogP contribution >= 0.6 is 0 Å². The molecule has 1 atom stereocenters. The third kappa shape index (κ3) is 2.80. The van der Waals surface area contributed by atoms with E-state index in [0.717, 1.165) is 6.07 Å². The average molecular weight is 341 g/mol. The SMILES string of the molecule is O=C1CC2(CNC2)C(CNS(=O)(=O)c2ccccc2[N+](=O)[O-])O1. The molecule has 1 unspecified atom stereocenters. The number of para-hydroxylation sites is 1. The highest BCUT2D eigenvalue weighted by Gasteiger charge is 2.53. The number of rotatable bonds is 5. The van der Waals surface area contributed by atoms with E-state index in [9.17, 15) is 23.3 Å². The number of carbonyl (C=O) groups is 1. The summed E-state index contributed by atoms with van der Waals surface area (Å²) in [6.07, 6.45) is -0.327. The summed E-state index contributed by atoms with van der Waals surface area (Å²) in [5.41, 5.74) is -0.883. The van der Waals surface area contributed by atoms with Crippen LogP contribution in [-0.4, -0.2) is 45.0 Å². The van der Waals surface area contributed by atoms with Crippen molar-refractivity contribution >= 4 is 21.7 Å². The highest BCUT2D eigenvalue weighted by molar-refractivity contribution is 7.89. The van der Waals surface area contributed by atoms with Crippen molar-refractivity contribution in [2.24, 2.45) is 5.41 Å². The monoisotopic (exact) mass is 341 g/mol. The maximum Gasteiger partial charge on any atom is 0.306 e. The predicted molar refractivity (Wildman–Crippen MR) is 78.1 cm³/mol. The summed E-state index contributed by atoms with van der Waals surface area (Å²) in [4.78, 5) is 21.3. The van der Waals surface area contributed by atoms with Crippen molar-refractivity contribution in [3.63, 3.8) is 0 Å². The van der Waals surface area contributed by atoms with E-state index < -0.39 is 31.6 Å². The van der Waals surface area contributed by atoms with E-state index >= 15 is 0 Å². The lowest BCUT2D eigenvalue weighted by atomic mass is 9.75. The summed E-state index contributed by atoms with van der Waals surface area (Å²) in [5, 5.41) is 14.0. The van der Waals surface area contributed by atoms with Gasteiger partial charge in [-0.25, -0.2) is 13.1 Å². The maximum absolute atomic E-state index is 12.3. The minimum Gasteiger partial charge on any atom is -0.460 e. The molecule has 0 saturated carbocycles. The number of nitrogens with zero attached hydrogens (tertiary/aromatic N) is 1. The van der Waals surface area contributed by atoms with Crippen LogP contribution in [0, 0.1) is 15.5 Å². The topological polar surface area (TPSA) is 128 Å². The molecule has 1 aromatic rings.